The molecule has 122 valence electrons. The molecule has 1 aliphatic rings. The van der Waals surface area contributed by atoms with E-state index in [0.717, 1.165) is 16.5 Å². The van der Waals surface area contributed by atoms with Gasteiger partial charge in [0.1, 0.15) is 11.4 Å². The van der Waals surface area contributed by atoms with Crippen LogP contribution in [0.15, 0.2) is 24.3 Å². The average Bonchev–Trinajstić information content (AvgIpc) is 2.93. The molecule has 0 aliphatic carbocycles. The Labute approximate surface area is 138 Å². The van der Waals surface area contributed by atoms with Gasteiger partial charge >= 0.3 is 0 Å². The van der Waals surface area contributed by atoms with E-state index in [1.54, 1.807) is 17.0 Å². The van der Waals surface area contributed by atoms with Crippen molar-refractivity contribution in [2.75, 3.05) is 13.1 Å². The van der Waals surface area contributed by atoms with Crippen LogP contribution in [0.3, 0.4) is 0 Å². The van der Waals surface area contributed by atoms with E-state index in [0.29, 0.717) is 24.4 Å². The molecule has 0 unspecified atom stereocenters. The molecule has 3 rings (SSSR count). The van der Waals surface area contributed by atoms with E-state index < -0.39 is 5.54 Å². The Bertz CT molecular complexity index is 773. The van der Waals surface area contributed by atoms with Gasteiger partial charge in [-0.1, -0.05) is 13.3 Å². The van der Waals surface area contributed by atoms with Crippen molar-refractivity contribution >= 4 is 33.2 Å². The van der Waals surface area contributed by atoms with E-state index in [9.17, 15) is 14.0 Å². The van der Waals surface area contributed by atoms with Gasteiger partial charge in [0.15, 0.2) is 0 Å². The topological polar surface area (TPSA) is 49.4 Å². The van der Waals surface area contributed by atoms with E-state index in [4.69, 9.17) is 0 Å². The van der Waals surface area contributed by atoms with Crippen LogP contribution in [0.2, 0.25) is 0 Å². The van der Waals surface area contributed by atoms with Crippen molar-refractivity contribution in [1.82, 2.24) is 10.2 Å². The van der Waals surface area contributed by atoms with Gasteiger partial charge in [-0.2, -0.15) is 0 Å². The van der Waals surface area contributed by atoms with Crippen LogP contribution in [0.25, 0.3) is 10.1 Å². The fourth-order valence-corrected chi connectivity index (χ4v) is 4.15. The largest absolute Gasteiger partial charge is 0.352 e. The molecule has 1 saturated heterocycles. The SMILES string of the molecule is CCC[C@]1(C)C(=O)NCCN1C(=O)c1cc2cc(F)ccc2s1. The third-order valence-electron chi connectivity index (χ3n) is 4.38. The summed E-state index contributed by atoms with van der Waals surface area (Å²) in [6.07, 6.45) is 1.43. The maximum absolute atomic E-state index is 13.3. The number of nitrogens with one attached hydrogen (secondary N) is 1. The number of carbonyl (C=O) groups is 2. The fraction of sp³-hybridized carbons (Fsp3) is 0.412. The molecule has 1 fully saturated rings. The maximum Gasteiger partial charge on any atom is 0.264 e. The molecule has 1 atom stereocenters. The second-order valence-electron chi connectivity index (χ2n) is 6.03. The summed E-state index contributed by atoms with van der Waals surface area (Å²) < 4.78 is 14.2. The number of hydrogen-bond donors (Lipinski definition) is 1. The van der Waals surface area contributed by atoms with Gasteiger partial charge < -0.3 is 10.2 Å². The Morgan fingerprint density at radius 3 is 2.96 bits per heavy atom. The lowest BCUT2D eigenvalue weighted by Gasteiger charge is -2.43. The van der Waals surface area contributed by atoms with Crippen molar-refractivity contribution in [2.45, 2.75) is 32.2 Å². The number of nitrogens with zero attached hydrogens (tertiary/aromatic N) is 1. The summed E-state index contributed by atoms with van der Waals surface area (Å²) in [5, 5.41) is 3.57. The summed E-state index contributed by atoms with van der Waals surface area (Å²) in [6, 6.07) is 6.21. The molecule has 2 aromatic rings. The minimum absolute atomic E-state index is 0.105. The van der Waals surface area contributed by atoms with Gasteiger partial charge in [0.05, 0.1) is 4.88 Å². The summed E-state index contributed by atoms with van der Waals surface area (Å²) in [6.45, 7) is 4.76. The van der Waals surface area contributed by atoms with Crippen LogP contribution in [-0.2, 0) is 4.79 Å². The second-order valence-corrected chi connectivity index (χ2v) is 7.11. The molecule has 2 amide bonds. The van der Waals surface area contributed by atoms with Gasteiger partial charge in [-0.15, -0.1) is 11.3 Å². The van der Waals surface area contributed by atoms with Gasteiger partial charge in [0.25, 0.3) is 5.91 Å². The van der Waals surface area contributed by atoms with Gasteiger partial charge in [-0.05, 0) is 43.0 Å². The van der Waals surface area contributed by atoms with Crippen LogP contribution >= 0.6 is 11.3 Å². The minimum atomic E-state index is -0.828. The van der Waals surface area contributed by atoms with Gasteiger partial charge in [-0.25, -0.2) is 4.39 Å². The molecule has 23 heavy (non-hydrogen) atoms. The highest BCUT2D eigenvalue weighted by Gasteiger charge is 2.44. The molecule has 6 heteroatoms. The number of piperazine rings is 1. The summed E-state index contributed by atoms with van der Waals surface area (Å²) in [7, 11) is 0. The van der Waals surface area contributed by atoms with E-state index in [-0.39, 0.29) is 17.6 Å². The van der Waals surface area contributed by atoms with E-state index in [1.807, 2.05) is 13.8 Å². The Hall–Kier alpha value is -1.95. The lowest BCUT2D eigenvalue weighted by atomic mass is 9.90. The molecule has 1 aromatic heterocycles. The van der Waals surface area contributed by atoms with Crippen molar-refractivity contribution in [2.24, 2.45) is 0 Å². The van der Waals surface area contributed by atoms with Gasteiger partial charge in [-0.3, -0.25) is 9.59 Å². The van der Waals surface area contributed by atoms with E-state index in [1.165, 1.54) is 23.5 Å². The number of fused-ring (bicyclic) bond motifs is 1. The monoisotopic (exact) mass is 334 g/mol. The van der Waals surface area contributed by atoms with E-state index >= 15 is 0 Å². The van der Waals surface area contributed by atoms with Crippen LogP contribution in [0.1, 0.15) is 36.4 Å². The molecular formula is C17H19FN2O2S. The van der Waals surface area contributed by atoms with Crippen molar-refractivity contribution in [3.8, 4) is 0 Å². The van der Waals surface area contributed by atoms with Crippen molar-refractivity contribution in [1.29, 1.82) is 0 Å². The first-order valence-corrected chi connectivity index (χ1v) is 8.57. The molecule has 4 nitrogen and oxygen atoms in total. The highest BCUT2D eigenvalue weighted by atomic mass is 32.1. The number of rotatable bonds is 3. The van der Waals surface area contributed by atoms with Crippen molar-refractivity contribution in [3.63, 3.8) is 0 Å². The predicted molar refractivity (Wildman–Crippen MR) is 89.1 cm³/mol. The average molecular weight is 334 g/mol. The van der Waals surface area contributed by atoms with Crippen molar-refractivity contribution < 1.29 is 14.0 Å². The third kappa shape index (κ3) is 2.72. The number of halogens is 1. The molecule has 1 aliphatic heterocycles. The maximum atomic E-state index is 13.3. The molecule has 2 heterocycles. The van der Waals surface area contributed by atoms with Crippen LogP contribution < -0.4 is 5.32 Å². The van der Waals surface area contributed by atoms with Crippen molar-refractivity contribution in [3.05, 3.63) is 35.0 Å². The quantitative estimate of drug-likeness (QED) is 0.937. The summed E-state index contributed by atoms with van der Waals surface area (Å²) in [4.78, 5) is 27.5. The first kappa shape index (κ1) is 15.9. The molecule has 0 radical (unpaired) electrons. The second kappa shape index (κ2) is 5.92. The number of carbonyl (C=O) groups excluding carboxylic acids is 2. The highest BCUT2D eigenvalue weighted by Crippen LogP contribution is 2.31. The summed E-state index contributed by atoms with van der Waals surface area (Å²) >= 11 is 1.34. The molecule has 0 bridgehead atoms. The number of amides is 2. The molecule has 1 N–H and O–H groups in total. The minimum Gasteiger partial charge on any atom is -0.352 e. The standard InChI is InChI=1S/C17H19FN2O2S/c1-3-6-17(2)16(22)19-7-8-20(17)15(21)14-10-11-9-12(18)4-5-13(11)23-14/h4-5,9-10H,3,6-8H2,1-2H3,(H,19,22)/t17-/m1/s1. The van der Waals surface area contributed by atoms with Gasteiger partial charge in [0.2, 0.25) is 5.91 Å². The Morgan fingerprint density at radius 2 is 2.22 bits per heavy atom. The normalized spacial score (nSPS) is 21.5. The first-order valence-electron chi connectivity index (χ1n) is 7.75. The summed E-state index contributed by atoms with van der Waals surface area (Å²) in [5.41, 5.74) is -0.828. The fourth-order valence-electron chi connectivity index (χ4n) is 3.15. The number of benzene rings is 1. The highest BCUT2D eigenvalue weighted by molar-refractivity contribution is 7.20. The predicted octanol–water partition coefficient (Wildman–Crippen LogP) is 3.17. The zero-order valence-corrected chi connectivity index (χ0v) is 14.0. The molecule has 0 saturated carbocycles. The first-order chi connectivity index (χ1) is 11.0. The number of thiophene rings is 1. The molecule has 1 aromatic carbocycles. The van der Waals surface area contributed by atoms with E-state index in [2.05, 4.69) is 5.32 Å². The van der Waals surface area contributed by atoms with Crippen LogP contribution in [-0.4, -0.2) is 35.3 Å². The van der Waals surface area contributed by atoms with Crippen LogP contribution in [0.5, 0.6) is 0 Å². The Kier molecular flexibility index (Phi) is 4.10. The van der Waals surface area contributed by atoms with Crippen LogP contribution in [0, 0.1) is 5.82 Å². The smallest absolute Gasteiger partial charge is 0.264 e. The lowest BCUT2D eigenvalue weighted by Crippen LogP contribution is -2.64. The zero-order chi connectivity index (χ0) is 16.6. The lowest BCUT2D eigenvalue weighted by molar-refractivity contribution is -0.134. The summed E-state index contributed by atoms with van der Waals surface area (Å²) in [5.74, 6) is -0.578. The zero-order valence-electron chi connectivity index (χ0n) is 13.2. The third-order valence-corrected chi connectivity index (χ3v) is 5.48. The molecule has 0 spiro atoms. The van der Waals surface area contributed by atoms with Gasteiger partial charge in [0, 0.05) is 17.8 Å². The van der Waals surface area contributed by atoms with Crippen LogP contribution in [0.4, 0.5) is 4.39 Å². The Balaban J connectivity index is 1.97. The Morgan fingerprint density at radius 1 is 1.43 bits per heavy atom. The number of hydrogen-bond acceptors (Lipinski definition) is 3. The molecular weight excluding hydrogens is 315 g/mol.